The summed E-state index contributed by atoms with van der Waals surface area (Å²) >= 11 is 0. The van der Waals surface area contributed by atoms with Gasteiger partial charge in [0.1, 0.15) is 5.69 Å². The smallest absolute Gasteiger partial charge is 0.255 e. The Morgan fingerprint density at radius 2 is 1.20 bits per heavy atom. The number of hydrogen-bond donors (Lipinski definition) is 2. The summed E-state index contributed by atoms with van der Waals surface area (Å²) in [5.41, 5.74) is 4.84. The molecule has 40 heavy (non-hydrogen) atoms. The Morgan fingerprint density at radius 1 is 0.700 bits per heavy atom. The highest BCUT2D eigenvalue weighted by molar-refractivity contribution is 6.05. The van der Waals surface area contributed by atoms with E-state index in [4.69, 9.17) is 0 Å². The van der Waals surface area contributed by atoms with Crippen LogP contribution in [-0.4, -0.2) is 49.8 Å². The molecular formula is C31H29FN6O2. The molecule has 1 heterocycles. The number of rotatable bonds is 7. The molecule has 0 atom stereocenters. The number of carbonyl (C=O) groups excluding carboxylic acids is 2. The van der Waals surface area contributed by atoms with Crippen molar-refractivity contribution in [2.75, 3.05) is 48.6 Å². The van der Waals surface area contributed by atoms with Crippen LogP contribution < -0.4 is 20.4 Å². The number of anilines is 4. The number of carbonyl (C=O) groups is 2. The van der Waals surface area contributed by atoms with Gasteiger partial charge in [-0.25, -0.2) is 9.07 Å². The monoisotopic (exact) mass is 536 g/mol. The van der Waals surface area contributed by atoms with Crippen LogP contribution in [0.15, 0.2) is 91.1 Å². The van der Waals surface area contributed by atoms with Gasteiger partial charge in [-0.1, -0.05) is 0 Å². The van der Waals surface area contributed by atoms with E-state index >= 15 is 4.39 Å². The van der Waals surface area contributed by atoms with Crippen LogP contribution >= 0.6 is 0 Å². The SMILES string of the molecule is CN(C)c1ccc(C(=O)Nc2ccc(-n3ncc4cc(NC(=O)c5ccc(N(C)C)cc5)ccc43)c(F)c2)cc1. The zero-order chi connectivity index (χ0) is 28.4. The number of halogens is 1. The molecule has 5 rings (SSSR count). The fraction of sp³-hybridized carbons (Fsp3) is 0.129. The fourth-order valence-corrected chi connectivity index (χ4v) is 4.29. The summed E-state index contributed by atoms with van der Waals surface area (Å²) in [7, 11) is 7.72. The number of hydrogen-bond acceptors (Lipinski definition) is 5. The molecule has 9 heteroatoms. The first-order valence-electron chi connectivity index (χ1n) is 12.6. The zero-order valence-corrected chi connectivity index (χ0v) is 22.6. The molecule has 0 fully saturated rings. The summed E-state index contributed by atoms with van der Waals surface area (Å²) in [6.45, 7) is 0. The van der Waals surface area contributed by atoms with E-state index in [9.17, 15) is 9.59 Å². The van der Waals surface area contributed by atoms with Crippen molar-refractivity contribution in [1.29, 1.82) is 0 Å². The molecule has 202 valence electrons. The average molecular weight is 537 g/mol. The van der Waals surface area contributed by atoms with E-state index in [0.717, 1.165) is 16.8 Å². The van der Waals surface area contributed by atoms with Gasteiger partial charge in [-0.2, -0.15) is 5.10 Å². The summed E-state index contributed by atoms with van der Waals surface area (Å²) in [6, 6.07) is 24.3. The van der Waals surface area contributed by atoms with Crippen LogP contribution in [0.2, 0.25) is 0 Å². The van der Waals surface area contributed by atoms with Crippen molar-refractivity contribution in [1.82, 2.24) is 9.78 Å². The van der Waals surface area contributed by atoms with E-state index in [1.54, 1.807) is 60.8 Å². The highest BCUT2D eigenvalue weighted by atomic mass is 19.1. The standard InChI is InChI=1S/C31H29FN6O2/c1-36(2)25-11-5-20(6-12-25)30(39)34-23-9-15-28-22(17-23)19-33-38(28)29-16-10-24(18-27(29)32)35-31(40)21-7-13-26(14-8-21)37(3)4/h5-19H,1-4H3,(H,34,39)(H,35,40). The van der Waals surface area contributed by atoms with E-state index in [1.165, 1.54) is 10.7 Å². The quantitative estimate of drug-likeness (QED) is 0.275. The van der Waals surface area contributed by atoms with Gasteiger partial charge in [0.25, 0.3) is 11.8 Å². The normalized spacial score (nSPS) is 10.8. The van der Waals surface area contributed by atoms with Crippen LogP contribution in [0.4, 0.5) is 27.1 Å². The topological polar surface area (TPSA) is 82.5 Å². The molecular weight excluding hydrogens is 507 g/mol. The number of nitrogens with one attached hydrogen (secondary N) is 2. The van der Waals surface area contributed by atoms with Crippen molar-refractivity contribution >= 4 is 45.5 Å². The molecule has 1 aromatic heterocycles. The van der Waals surface area contributed by atoms with Crippen LogP contribution in [0.3, 0.4) is 0 Å². The molecule has 5 aromatic rings. The molecule has 0 aliphatic heterocycles. The molecule has 0 saturated heterocycles. The fourth-order valence-electron chi connectivity index (χ4n) is 4.29. The van der Waals surface area contributed by atoms with E-state index in [0.29, 0.717) is 28.0 Å². The van der Waals surface area contributed by atoms with E-state index in [-0.39, 0.29) is 17.5 Å². The second-order valence-electron chi connectivity index (χ2n) is 9.79. The summed E-state index contributed by atoms with van der Waals surface area (Å²) in [4.78, 5) is 29.3. The van der Waals surface area contributed by atoms with Crippen molar-refractivity contribution in [3.63, 3.8) is 0 Å². The first-order valence-corrected chi connectivity index (χ1v) is 12.6. The lowest BCUT2D eigenvalue weighted by Crippen LogP contribution is -2.13. The second-order valence-corrected chi connectivity index (χ2v) is 9.79. The lowest BCUT2D eigenvalue weighted by molar-refractivity contribution is 0.101. The van der Waals surface area contributed by atoms with Crippen molar-refractivity contribution in [3.05, 3.63) is 108 Å². The highest BCUT2D eigenvalue weighted by Gasteiger charge is 2.14. The van der Waals surface area contributed by atoms with Gasteiger partial charge in [-0.15, -0.1) is 0 Å². The Morgan fingerprint density at radius 3 is 1.70 bits per heavy atom. The third-order valence-electron chi connectivity index (χ3n) is 6.55. The number of fused-ring (bicyclic) bond motifs is 1. The molecule has 0 aliphatic rings. The molecule has 0 radical (unpaired) electrons. The van der Waals surface area contributed by atoms with E-state index in [1.807, 2.05) is 62.3 Å². The van der Waals surface area contributed by atoms with Crippen LogP contribution in [0.1, 0.15) is 20.7 Å². The predicted molar refractivity (Wildman–Crippen MR) is 158 cm³/mol. The van der Waals surface area contributed by atoms with Crippen molar-refractivity contribution in [3.8, 4) is 5.69 Å². The summed E-state index contributed by atoms with van der Waals surface area (Å²) in [6.07, 6.45) is 1.61. The summed E-state index contributed by atoms with van der Waals surface area (Å²) in [5, 5.41) is 10.7. The van der Waals surface area contributed by atoms with Gasteiger partial charge in [0.15, 0.2) is 5.82 Å². The minimum absolute atomic E-state index is 0.227. The van der Waals surface area contributed by atoms with Crippen LogP contribution in [0.5, 0.6) is 0 Å². The number of amides is 2. The van der Waals surface area contributed by atoms with Gasteiger partial charge in [0.05, 0.1) is 11.7 Å². The maximum absolute atomic E-state index is 15.2. The summed E-state index contributed by atoms with van der Waals surface area (Å²) < 4.78 is 16.7. The lowest BCUT2D eigenvalue weighted by Gasteiger charge is -2.13. The van der Waals surface area contributed by atoms with Crippen molar-refractivity contribution in [2.45, 2.75) is 0 Å². The molecule has 2 N–H and O–H groups in total. The zero-order valence-electron chi connectivity index (χ0n) is 22.6. The maximum atomic E-state index is 15.2. The van der Waals surface area contributed by atoms with Gasteiger partial charge in [-0.05, 0) is 84.9 Å². The third kappa shape index (κ3) is 5.49. The minimum atomic E-state index is -0.538. The molecule has 0 saturated carbocycles. The highest BCUT2D eigenvalue weighted by Crippen LogP contribution is 2.26. The average Bonchev–Trinajstić information content (AvgIpc) is 3.36. The van der Waals surface area contributed by atoms with Gasteiger partial charge in [0, 0.05) is 67.5 Å². The Kier molecular flexibility index (Phi) is 7.20. The molecule has 0 bridgehead atoms. The second kappa shape index (κ2) is 10.9. The number of nitrogens with zero attached hydrogens (tertiary/aromatic N) is 4. The van der Waals surface area contributed by atoms with Gasteiger partial charge in [-0.3, -0.25) is 9.59 Å². The minimum Gasteiger partial charge on any atom is -0.378 e. The van der Waals surface area contributed by atoms with E-state index in [2.05, 4.69) is 15.7 Å². The van der Waals surface area contributed by atoms with Crippen molar-refractivity contribution < 1.29 is 14.0 Å². The van der Waals surface area contributed by atoms with Crippen LogP contribution in [0, 0.1) is 5.82 Å². The van der Waals surface area contributed by atoms with Gasteiger partial charge >= 0.3 is 0 Å². The summed E-state index contributed by atoms with van der Waals surface area (Å²) in [5.74, 6) is -1.09. The first-order chi connectivity index (χ1) is 19.2. The predicted octanol–water partition coefficient (Wildman–Crippen LogP) is 5.80. The lowest BCUT2D eigenvalue weighted by atomic mass is 10.1. The molecule has 8 nitrogen and oxygen atoms in total. The first kappa shape index (κ1) is 26.4. The number of aromatic nitrogens is 2. The largest absolute Gasteiger partial charge is 0.378 e. The maximum Gasteiger partial charge on any atom is 0.255 e. The molecule has 0 spiro atoms. The Bertz CT molecular complexity index is 1690. The molecule has 0 unspecified atom stereocenters. The Hall–Kier alpha value is -5.18. The molecule has 4 aromatic carbocycles. The van der Waals surface area contributed by atoms with Gasteiger partial charge < -0.3 is 20.4 Å². The molecule has 0 aliphatic carbocycles. The van der Waals surface area contributed by atoms with Gasteiger partial charge in [0.2, 0.25) is 0 Å². The van der Waals surface area contributed by atoms with E-state index < -0.39 is 5.82 Å². The third-order valence-corrected chi connectivity index (χ3v) is 6.55. The Labute approximate surface area is 231 Å². The Balaban J connectivity index is 1.30. The number of benzene rings is 4. The van der Waals surface area contributed by atoms with Crippen LogP contribution in [-0.2, 0) is 0 Å². The molecule has 2 amide bonds. The van der Waals surface area contributed by atoms with Crippen molar-refractivity contribution in [2.24, 2.45) is 0 Å². The van der Waals surface area contributed by atoms with Crippen LogP contribution in [0.25, 0.3) is 16.6 Å².